The Balaban J connectivity index is 2.12. The number of nitrogens with one attached hydrogen (secondary N) is 1. The van der Waals surface area contributed by atoms with E-state index >= 15 is 0 Å². The van der Waals surface area contributed by atoms with E-state index in [2.05, 4.69) is 19.2 Å². The summed E-state index contributed by atoms with van der Waals surface area (Å²) in [5.74, 6) is 0.708. The van der Waals surface area contributed by atoms with Crippen LogP contribution in [0.1, 0.15) is 41.5 Å². The Morgan fingerprint density at radius 3 is 2.30 bits per heavy atom. The van der Waals surface area contributed by atoms with E-state index in [4.69, 9.17) is 4.74 Å². The lowest BCUT2D eigenvalue weighted by atomic mass is 10.1. The zero-order valence-electron chi connectivity index (χ0n) is 13.6. The van der Waals surface area contributed by atoms with Crippen LogP contribution in [0.5, 0.6) is 5.75 Å². The Bertz CT molecular complexity index is 690. The van der Waals surface area contributed by atoms with Gasteiger partial charge in [-0.3, -0.25) is 9.59 Å². The second-order valence-corrected chi connectivity index (χ2v) is 5.79. The first-order chi connectivity index (χ1) is 11.0. The summed E-state index contributed by atoms with van der Waals surface area (Å²) in [6, 6.07) is 14.0. The highest BCUT2D eigenvalue weighted by Crippen LogP contribution is 2.20. The summed E-state index contributed by atoms with van der Waals surface area (Å²) in [5, 5.41) is 2.82. The first-order valence-electron chi connectivity index (χ1n) is 7.61. The predicted octanol–water partition coefficient (Wildman–Crippen LogP) is 4.18. The third kappa shape index (κ3) is 4.68. The standard InChI is InChI=1S/C19H21NO3/c1-13(2)12-23-18-7-5-4-6-17(18)19(22)20-16-10-8-15(9-11-16)14(3)21/h4-11,13H,12H2,1-3H3,(H,20,22). The van der Waals surface area contributed by atoms with Gasteiger partial charge in [0.1, 0.15) is 5.75 Å². The van der Waals surface area contributed by atoms with E-state index < -0.39 is 0 Å². The summed E-state index contributed by atoms with van der Waals surface area (Å²) >= 11 is 0. The van der Waals surface area contributed by atoms with Crippen molar-refractivity contribution < 1.29 is 14.3 Å². The molecule has 4 heteroatoms. The van der Waals surface area contributed by atoms with Gasteiger partial charge in [0.15, 0.2) is 5.78 Å². The fourth-order valence-corrected chi connectivity index (χ4v) is 2.02. The Morgan fingerprint density at radius 1 is 1.04 bits per heavy atom. The molecule has 23 heavy (non-hydrogen) atoms. The molecule has 0 radical (unpaired) electrons. The lowest BCUT2D eigenvalue weighted by molar-refractivity contribution is 0.101. The third-order valence-corrected chi connectivity index (χ3v) is 3.25. The maximum Gasteiger partial charge on any atom is 0.259 e. The van der Waals surface area contributed by atoms with Crippen LogP contribution in [0.3, 0.4) is 0 Å². The average molecular weight is 311 g/mol. The highest BCUT2D eigenvalue weighted by atomic mass is 16.5. The molecule has 120 valence electrons. The Hall–Kier alpha value is -2.62. The van der Waals surface area contributed by atoms with Crippen molar-refractivity contribution in [2.24, 2.45) is 5.92 Å². The molecule has 0 spiro atoms. The number of Topliss-reactive ketones (excluding diaryl/α,β-unsaturated/α-hetero) is 1. The highest BCUT2D eigenvalue weighted by molar-refractivity contribution is 6.06. The molecule has 2 rings (SSSR count). The van der Waals surface area contributed by atoms with Crippen molar-refractivity contribution in [2.75, 3.05) is 11.9 Å². The van der Waals surface area contributed by atoms with Gasteiger partial charge in [0, 0.05) is 11.3 Å². The summed E-state index contributed by atoms with van der Waals surface area (Å²) in [6.45, 7) is 6.17. The summed E-state index contributed by atoms with van der Waals surface area (Å²) in [4.78, 5) is 23.7. The van der Waals surface area contributed by atoms with E-state index in [0.29, 0.717) is 35.1 Å². The highest BCUT2D eigenvalue weighted by Gasteiger charge is 2.13. The molecule has 0 aliphatic rings. The molecule has 0 bridgehead atoms. The van der Waals surface area contributed by atoms with Crippen molar-refractivity contribution in [3.63, 3.8) is 0 Å². The van der Waals surface area contributed by atoms with Gasteiger partial charge < -0.3 is 10.1 Å². The normalized spacial score (nSPS) is 10.4. The average Bonchev–Trinajstić information content (AvgIpc) is 2.53. The first kappa shape index (κ1) is 16.7. The van der Waals surface area contributed by atoms with E-state index in [-0.39, 0.29) is 11.7 Å². The van der Waals surface area contributed by atoms with Gasteiger partial charge in [0.25, 0.3) is 5.91 Å². The van der Waals surface area contributed by atoms with Crippen LogP contribution in [-0.2, 0) is 0 Å². The topological polar surface area (TPSA) is 55.4 Å². The van der Waals surface area contributed by atoms with Gasteiger partial charge >= 0.3 is 0 Å². The van der Waals surface area contributed by atoms with E-state index in [1.807, 2.05) is 6.07 Å². The maximum absolute atomic E-state index is 12.4. The second kappa shape index (κ2) is 7.58. The van der Waals surface area contributed by atoms with Crippen LogP contribution in [0, 0.1) is 5.92 Å². The number of ether oxygens (including phenoxy) is 1. The number of ketones is 1. The van der Waals surface area contributed by atoms with E-state index in [1.165, 1.54) is 6.92 Å². The number of carbonyl (C=O) groups excluding carboxylic acids is 2. The Labute approximate surface area is 136 Å². The number of hydrogen-bond donors (Lipinski definition) is 1. The number of amides is 1. The number of hydrogen-bond acceptors (Lipinski definition) is 3. The molecule has 1 N–H and O–H groups in total. The van der Waals surface area contributed by atoms with Crippen molar-refractivity contribution in [1.29, 1.82) is 0 Å². The van der Waals surface area contributed by atoms with Crippen LogP contribution in [0.4, 0.5) is 5.69 Å². The molecular formula is C19H21NO3. The number of carbonyl (C=O) groups is 2. The number of anilines is 1. The number of benzene rings is 2. The largest absolute Gasteiger partial charge is 0.492 e. The molecule has 0 aliphatic carbocycles. The number of para-hydroxylation sites is 1. The maximum atomic E-state index is 12.4. The van der Waals surface area contributed by atoms with Crippen molar-refractivity contribution in [3.05, 3.63) is 59.7 Å². The van der Waals surface area contributed by atoms with Gasteiger partial charge in [-0.2, -0.15) is 0 Å². The first-order valence-corrected chi connectivity index (χ1v) is 7.61. The molecule has 0 aliphatic heterocycles. The minimum absolute atomic E-state index is 0.00434. The van der Waals surface area contributed by atoms with Crippen molar-refractivity contribution >= 4 is 17.4 Å². The van der Waals surface area contributed by atoms with Gasteiger partial charge in [-0.15, -0.1) is 0 Å². The van der Waals surface area contributed by atoms with Crippen molar-refractivity contribution in [1.82, 2.24) is 0 Å². The lowest BCUT2D eigenvalue weighted by Crippen LogP contribution is -2.15. The summed E-state index contributed by atoms with van der Waals surface area (Å²) in [7, 11) is 0. The van der Waals surface area contributed by atoms with Crippen LogP contribution >= 0.6 is 0 Å². The smallest absolute Gasteiger partial charge is 0.259 e. The minimum atomic E-state index is -0.236. The van der Waals surface area contributed by atoms with Gasteiger partial charge in [-0.25, -0.2) is 0 Å². The van der Waals surface area contributed by atoms with Gasteiger partial charge in [-0.05, 0) is 49.2 Å². The molecule has 4 nitrogen and oxygen atoms in total. The number of rotatable bonds is 6. The molecule has 0 atom stereocenters. The minimum Gasteiger partial charge on any atom is -0.492 e. The summed E-state index contributed by atoms with van der Waals surface area (Å²) in [5.41, 5.74) is 1.74. The molecule has 1 amide bonds. The van der Waals surface area contributed by atoms with Crippen molar-refractivity contribution in [3.8, 4) is 5.75 Å². The van der Waals surface area contributed by atoms with Gasteiger partial charge in [0.2, 0.25) is 0 Å². The fraction of sp³-hybridized carbons (Fsp3) is 0.263. The Kier molecular flexibility index (Phi) is 5.52. The molecule has 0 aromatic heterocycles. The van der Waals surface area contributed by atoms with Gasteiger partial charge in [0.05, 0.1) is 12.2 Å². The lowest BCUT2D eigenvalue weighted by Gasteiger charge is -2.13. The van der Waals surface area contributed by atoms with Crippen molar-refractivity contribution in [2.45, 2.75) is 20.8 Å². The quantitative estimate of drug-likeness (QED) is 0.814. The summed E-state index contributed by atoms with van der Waals surface area (Å²) in [6.07, 6.45) is 0. The molecule has 0 saturated carbocycles. The van der Waals surface area contributed by atoms with E-state index in [0.717, 1.165) is 0 Å². The van der Waals surface area contributed by atoms with Crippen LogP contribution in [-0.4, -0.2) is 18.3 Å². The molecule has 0 unspecified atom stereocenters. The monoisotopic (exact) mass is 311 g/mol. The van der Waals surface area contributed by atoms with E-state index in [1.54, 1.807) is 42.5 Å². The van der Waals surface area contributed by atoms with Crippen LogP contribution in [0.2, 0.25) is 0 Å². The third-order valence-electron chi connectivity index (χ3n) is 3.25. The fourth-order valence-electron chi connectivity index (χ4n) is 2.02. The molecule has 2 aromatic rings. The molecule has 0 saturated heterocycles. The molecule has 0 heterocycles. The zero-order chi connectivity index (χ0) is 16.8. The SMILES string of the molecule is CC(=O)c1ccc(NC(=O)c2ccccc2OCC(C)C)cc1. The summed E-state index contributed by atoms with van der Waals surface area (Å²) < 4.78 is 5.70. The van der Waals surface area contributed by atoms with Crippen LogP contribution in [0.25, 0.3) is 0 Å². The van der Waals surface area contributed by atoms with Crippen LogP contribution in [0.15, 0.2) is 48.5 Å². The molecular weight excluding hydrogens is 290 g/mol. The second-order valence-electron chi connectivity index (χ2n) is 5.79. The molecule has 0 fully saturated rings. The zero-order valence-corrected chi connectivity index (χ0v) is 13.6. The van der Waals surface area contributed by atoms with E-state index in [9.17, 15) is 9.59 Å². The van der Waals surface area contributed by atoms with Crippen LogP contribution < -0.4 is 10.1 Å². The Morgan fingerprint density at radius 2 is 1.70 bits per heavy atom. The molecule has 2 aromatic carbocycles. The van der Waals surface area contributed by atoms with Gasteiger partial charge in [-0.1, -0.05) is 26.0 Å². The predicted molar refractivity (Wildman–Crippen MR) is 91.2 cm³/mol.